The number of cyclic esters (lactones) is 1. The predicted molar refractivity (Wildman–Crippen MR) is 58.3 cm³/mol. The first kappa shape index (κ1) is 10.1. The Hall–Kier alpha value is -2.41. The molecule has 4 heteroatoms. The topological polar surface area (TPSA) is 62.5 Å². The maximum atomic E-state index is 11.3. The number of nitrogens with zero attached hydrogens (tertiary/aromatic N) is 2. The Kier molecular flexibility index (Phi) is 2.52. The molecular weight excluding hydrogens is 204 g/mol. The molecule has 0 saturated carbocycles. The SMILES string of the molecule is CC1=N/C(=C/c2ccc(C#N)cc2)C(=O)O1. The lowest BCUT2D eigenvalue weighted by Gasteiger charge is -1.94. The van der Waals surface area contributed by atoms with Crippen molar-refractivity contribution in [2.45, 2.75) is 6.92 Å². The molecule has 78 valence electrons. The zero-order chi connectivity index (χ0) is 11.5. The number of rotatable bonds is 1. The minimum Gasteiger partial charge on any atom is -0.407 e. The van der Waals surface area contributed by atoms with E-state index in [1.165, 1.54) is 0 Å². The largest absolute Gasteiger partial charge is 0.407 e. The lowest BCUT2D eigenvalue weighted by atomic mass is 10.1. The van der Waals surface area contributed by atoms with Gasteiger partial charge in [-0.1, -0.05) is 12.1 Å². The van der Waals surface area contributed by atoms with E-state index in [4.69, 9.17) is 10.00 Å². The third-order valence-corrected chi connectivity index (χ3v) is 2.07. The summed E-state index contributed by atoms with van der Waals surface area (Å²) in [5.41, 5.74) is 1.67. The zero-order valence-electron chi connectivity index (χ0n) is 8.60. The van der Waals surface area contributed by atoms with E-state index in [0.717, 1.165) is 5.56 Å². The number of hydrogen-bond acceptors (Lipinski definition) is 4. The third-order valence-electron chi connectivity index (χ3n) is 2.07. The van der Waals surface area contributed by atoms with E-state index in [1.807, 2.05) is 6.07 Å². The van der Waals surface area contributed by atoms with Gasteiger partial charge < -0.3 is 4.74 Å². The predicted octanol–water partition coefficient (Wildman–Crippen LogP) is 1.87. The lowest BCUT2D eigenvalue weighted by Crippen LogP contribution is -1.99. The van der Waals surface area contributed by atoms with Gasteiger partial charge in [-0.25, -0.2) is 9.79 Å². The van der Waals surface area contributed by atoms with Crippen molar-refractivity contribution < 1.29 is 9.53 Å². The van der Waals surface area contributed by atoms with Gasteiger partial charge in [-0.3, -0.25) is 0 Å². The number of esters is 1. The molecule has 1 aliphatic heterocycles. The van der Waals surface area contributed by atoms with Gasteiger partial charge in [0.15, 0.2) is 11.6 Å². The van der Waals surface area contributed by atoms with Gasteiger partial charge in [0.05, 0.1) is 11.6 Å². The number of carbonyl (C=O) groups excluding carboxylic acids is 1. The molecule has 16 heavy (non-hydrogen) atoms. The molecule has 0 aliphatic carbocycles. The van der Waals surface area contributed by atoms with Crippen LogP contribution in [0.3, 0.4) is 0 Å². The fraction of sp³-hybridized carbons (Fsp3) is 0.0833. The van der Waals surface area contributed by atoms with Crippen molar-refractivity contribution in [1.29, 1.82) is 5.26 Å². The molecule has 0 fully saturated rings. The molecule has 0 N–H and O–H groups in total. The van der Waals surface area contributed by atoms with Crippen LogP contribution in [0.5, 0.6) is 0 Å². The van der Waals surface area contributed by atoms with Crippen LogP contribution in [0.25, 0.3) is 6.08 Å². The molecule has 0 atom stereocenters. The minimum absolute atomic E-state index is 0.280. The average molecular weight is 212 g/mol. The van der Waals surface area contributed by atoms with E-state index >= 15 is 0 Å². The van der Waals surface area contributed by atoms with Crippen LogP contribution in [0.2, 0.25) is 0 Å². The number of hydrogen-bond donors (Lipinski definition) is 0. The van der Waals surface area contributed by atoms with Crippen LogP contribution < -0.4 is 0 Å². The fourth-order valence-corrected chi connectivity index (χ4v) is 1.33. The highest BCUT2D eigenvalue weighted by Gasteiger charge is 2.19. The molecule has 1 aliphatic rings. The van der Waals surface area contributed by atoms with Gasteiger partial charge in [0, 0.05) is 6.92 Å². The van der Waals surface area contributed by atoms with Gasteiger partial charge in [0.1, 0.15) is 0 Å². The standard InChI is InChI=1S/C12H8N2O2/c1-8-14-11(12(15)16-8)6-9-2-4-10(7-13)5-3-9/h2-6H,1H3/b11-6+. The maximum absolute atomic E-state index is 11.3. The van der Waals surface area contributed by atoms with Gasteiger partial charge in [-0.05, 0) is 23.8 Å². The Morgan fingerprint density at radius 3 is 2.56 bits per heavy atom. The summed E-state index contributed by atoms with van der Waals surface area (Å²) in [6.45, 7) is 1.62. The van der Waals surface area contributed by atoms with Crippen LogP contribution in [0, 0.1) is 11.3 Å². The van der Waals surface area contributed by atoms with Gasteiger partial charge in [0.25, 0.3) is 0 Å². The molecule has 0 unspecified atom stereocenters. The summed E-state index contributed by atoms with van der Waals surface area (Å²) in [5, 5.41) is 8.63. The van der Waals surface area contributed by atoms with Crippen LogP contribution in [0.1, 0.15) is 18.1 Å². The third kappa shape index (κ3) is 1.98. The van der Waals surface area contributed by atoms with Crippen molar-refractivity contribution in [3.8, 4) is 6.07 Å². The first-order valence-electron chi connectivity index (χ1n) is 4.68. The summed E-state index contributed by atoms with van der Waals surface area (Å²) in [5.74, 6) is -0.0910. The van der Waals surface area contributed by atoms with Crippen molar-refractivity contribution in [3.63, 3.8) is 0 Å². The van der Waals surface area contributed by atoms with Crippen molar-refractivity contribution in [2.75, 3.05) is 0 Å². The Morgan fingerprint density at radius 2 is 2.06 bits per heavy atom. The molecule has 0 amide bonds. The second kappa shape index (κ2) is 3.99. The van der Waals surface area contributed by atoms with Crippen molar-refractivity contribution >= 4 is 17.9 Å². The second-order valence-electron chi connectivity index (χ2n) is 3.28. The molecule has 0 bridgehead atoms. The van der Waals surface area contributed by atoms with Crippen LogP contribution in [0.4, 0.5) is 0 Å². The molecule has 1 aromatic rings. The first-order chi connectivity index (χ1) is 7.69. The molecule has 0 spiro atoms. The van der Waals surface area contributed by atoms with Gasteiger partial charge in [-0.15, -0.1) is 0 Å². The minimum atomic E-state index is -0.443. The van der Waals surface area contributed by atoms with Crippen molar-refractivity contribution in [3.05, 3.63) is 41.1 Å². The van der Waals surface area contributed by atoms with Crippen LogP contribution in [-0.2, 0) is 9.53 Å². The van der Waals surface area contributed by atoms with E-state index in [9.17, 15) is 4.79 Å². The number of aliphatic imine (C=N–C) groups is 1. The quantitative estimate of drug-likeness (QED) is 0.527. The summed E-state index contributed by atoms with van der Waals surface area (Å²) < 4.78 is 4.78. The van der Waals surface area contributed by atoms with Crippen molar-refractivity contribution in [2.24, 2.45) is 4.99 Å². The average Bonchev–Trinajstić information content (AvgIpc) is 2.59. The summed E-state index contributed by atoms with van der Waals surface area (Å²) in [7, 11) is 0. The van der Waals surface area contributed by atoms with Gasteiger partial charge >= 0.3 is 5.97 Å². The number of ether oxygens (including phenoxy) is 1. The van der Waals surface area contributed by atoms with Crippen molar-refractivity contribution in [1.82, 2.24) is 0 Å². The molecule has 4 nitrogen and oxygen atoms in total. The van der Waals surface area contributed by atoms with E-state index in [2.05, 4.69) is 4.99 Å². The molecule has 0 aromatic heterocycles. The first-order valence-corrected chi connectivity index (χ1v) is 4.68. The lowest BCUT2D eigenvalue weighted by molar-refractivity contribution is -0.130. The summed E-state index contributed by atoms with van der Waals surface area (Å²) >= 11 is 0. The molecule has 2 rings (SSSR count). The molecule has 1 aromatic carbocycles. The number of nitriles is 1. The zero-order valence-corrected chi connectivity index (χ0v) is 8.60. The highest BCUT2D eigenvalue weighted by Crippen LogP contribution is 2.15. The van der Waals surface area contributed by atoms with Gasteiger partial charge in [0.2, 0.25) is 0 Å². The normalized spacial score (nSPS) is 16.9. The number of carbonyl (C=O) groups is 1. The molecule has 0 saturated heterocycles. The summed E-state index contributed by atoms with van der Waals surface area (Å²) in [6.07, 6.45) is 1.62. The van der Waals surface area contributed by atoms with E-state index in [0.29, 0.717) is 11.5 Å². The van der Waals surface area contributed by atoms with E-state index in [-0.39, 0.29) is 5.70 Å². The van der Waals surface area contributed by atoms with E-state index < -0.39 is 5.97 Å². The van der Waals surface area contributed by atoms with Crippen LogP contribution >= 0.6 is 0 Å². The Balaban J connectivity index is 2.30. The Morgan fingerprint density at radius 1 is 1.38 bits per heavy atom. The molecular formula is C12H8N2O2. The highest BCUT2D eigenvalue weighted by atomic mass is 16.6. The summed E-state index contributed by atoms with van der Waals surface area (Å²) in [6, 6.07) is 8.90. The monoisotopic (exact) mass is 212 g/mol. The number of benzene rings is 1. The smallest absolute Gasteiger partial charge is 0.363 e. The van der Waals surface area contributed by atoms with Gasteiger partial charge in [-0.2, -0.15) is 5.26 Å². The van der Waals surface area contributed by atoms with E-state index in [1.54, 1.807) is 37.3 Å². The Labute approximate surface area is 92.5 Å². The fourth-order valence-electron chi connectivity index (χ4n) is 1.33. The Bertz CT molecular complexity index is 533. The molecule has 0 radical (unpaired) electrons. The second-order valence-corrected chi connectivity index (χ2v) is 3.28. The summed E-state index contributed by atoms with van der Waals surface area (Å²) in [4.78, 5) is 15.2. The van der Waals surface area contributed by atoms with Crippen LogP contribution in [0.15, 0.2) is 35.0 Å². The maximum Gasteiger partial charge on any atom is 0.363 e. The van der Waals surface area contributed by atoms with Crippen LogP contribution in [-0.4, -0.2) is 11.9 Å². The molecule has 1 heterocycles. The highest BCUT2D eigenvalue weighted by molar-refractivity contribution is 6.06.